The minimum absolute atomic E-state index is 0.0817. The van der Waals surface area contributed by atoms with Crippen LogP contribution in [0.2, 0.25) is 0 Å². The Kier molecular flexibility index (Phi) is 3.64. The van der Waals surface area contributed by atoms with Gasteiger partial charge in [0.25, 0.3) is 0 Å². The number of carboxylic acid groups (broad SMARTS) is 1. The Balaban J connectivity index is 2.15. The molecule has 2 N–H and O–H groups in total. The van der Waals surface area contributed by atoms with Crippen LogP contribution in [0, 0.1) is 5.92 Å². The summed E-state index contributed by atoms with van der Waals surface area (Å²) >= 11 is 0. The standard InChI is InChI=1S/C10H11F3N4O3/c11-10(12,13)9(20)15-6-3-5(8(18)19)4-7(6)17-2-1-14-16-17/h1-2,5-7H,3-4H2,(H,15,20)(H,18,19)/t5?,6-,7+/m1/s1. The summed E-state index contributed by atoms with van der Waals surface area (Å²) in [5.74, 6) is -4.03. The molecule has 0 radical (unpaired) electrons. The third-order valence-corrected chi connectivity index (χ3v) is 3.23. The van der Waals surface area contributed by atoms with Crippen LogP contribution in [0.25, 0.3) is 0 Å². The minimum Gasteiger partial charge on any atom is -0.481 e. The number of carboxylic acids is 1. The Morgan fingerprint density at radius 1 is 1.35 bits per heavy atom. The van der Waals surface area contributed by atoms with E-state index >= 15 is 0 Å². The molecular weight excluding hydrogens is 281 g/mol. The number of carbonyl (C=O) groups excluding carboxylic acids is 1. The van der Waals surface area contributed by atoms with Gasteiger partial charge in [-0.25, -0.2) is 4.68 Å². The molecule has 2 rings (SSSR count). The lowest BCUT2D eigenvalue weighted by Gasteiger charge is -2.21. The van der Waals surface area contributed by atoms with Gasteiger partial charge in [0.2, 0.25) is 0 Å². The second-order valence-corrected chi connectivity index (χ2v) is 4.53. The molecule has 0 aliphatic heterocycles. The van der Waals surface area contributed by atoms with Crippen molar-refractivity contribution >= 4 is 11.9 Å². The van der Waals surface area contributed by atoms with Crippen LogP contribution in [0.15, 0.2) is 12.4 Å². The maximum Gasteiger partial charge on any atom is 0.471 e. The van der Waals surface area contributed by atoms with Crippen LogP contribution >= 0.6 is 0 Å². The monoisotopic (exact) mass is 292 g/mol. The van der Waals surface area contributed by atoms with Crippen molar-refractivity contribution in [2.75, 3.05) is 0 Å². The number of carbonyl (C=O) groups is 2. The van der Waals surface area contributed by atoms with Gasteiger partial charge in [0.05, 0.1) is 24.2 Å². The summed E-state index contributed by atoms with van der Waals surface area (Å²) in [7, 11) is 0. The summed E-state index contributed by atoms with van der Waals surface area (Å²) in [5, 5.41) is 18.0. The van der Waals surface area contributed by atoms with Crippen LogP contribution in [0.4, 0.5) is 13.2 Å². The molecule has 1 aromatic heterocycles. The van der Waals surface area contributed by atoms with E-state index in [1.54, 1.807) is 0 Å². The predicted molar refractivity (Wildman–Crippen MR) is 57.4 cm³/mol. The number of hydrogen-bond acceptors (Lipinski definition) is 4. The second kappa shape index (κ2) is 5.10. The molecule has 1 aliphatic carbocycles. The largest absolute Gasteiger partial charge is 0.481 e. The molecule has 1 amide bonds. The molecule has 110 valence electrons. The first-order valence-electron chi connectivity index (χ1n) is 5.75. The molecule has 7 nitrogen and oxygen atoms in total. The van der Waals surface area contributed by atoms with E-state index < -0.39 is 36.1 Å². The Labute approximate surface area is 110 Å². The number of aromatic nitrogens is 3. The SMILES string of the molecule is O=C(O)C1C[C@@H](NC(=O)C(F)(F)F)[C@@H](n2ccnn2)C1. The highest BCUT2D eigenvalue weighted by molar-refractivity contribution is 5.82. The van der Waals surface area contributed by atoms with Gasteiger partial charge < -0.3 is 10.4 Å². The zero-order chi connectivity index (χ0) is 14.9. The minimum atomic E-state index is -5.01. The first kappa shape index (κ1) is 14.3. The average Bonchev–Trinajstić information content (AvgIpc) is 2.94. The Hall–Kier alpha value is -2.13. The topological polar surface area (TPSA) is 97.1 Å². The van der Waals surface area contributed by atoms with Gasteiger partial charge in [0, 0.05) is 6.20 Å². The van der Waals surface area contributed by atoms with E-state index in [9.17, 15) is 22.8 Å². The number of nitrogens with one attached hydrogen (secondary N) is 1. The molecule has 0 spiro atoms. The van der Waals surface area contributed by atoms with Crippen molar-refractivity contribution in [3.8, 4) is 0 Å². The van der Waals surface area contributed by atoms with Crippen LogP contribution in [0.3, 0.4) is 0 Å². The van der Waals surface area contributed by atoms with Crippen LogP contribution in [0.5, 0.6) is 0 Å². The smallest absolute Gasteiger partial charge is 0.471 e. The quantitative estimate of drug-likeness (QED) is 0.838. The van der Waals surface area contributed by atoms with E-state index in [2.05, 4.69) is 10.3 Å². The third-order valence-electron chi connectivity index (χ3n) is 3.23. The fourth-order valence-electron chi connectivity index (χ4n) is 2.31. The fourth-order valence-corrected chi connectivity index (χ4v) is 2.31. The lowest BCUT2D eigenvalue weighted by molar-refractivity contribution is -0.174. The van der Waals surface area contributed by atoms with Gasteiger partial charge in [-0.15, -0.1) is 5.10 Å². The molecule has 1 aliphatic rings. The molecule has 1 saturated carbocycles. The molecule has 0 bridgehead atoms. The first-order valence-corrected chi connectivity index (χ1v) is 5.75. The Morgan fingerprint density at radius 2 is 2.05 bits per heavy atom. The number of nitrogens with zero attached hydrogens (tertiary/aromatic N) is 3. The Morgan fingerprint density at radius 3 is 2.55 bits per heavy atom. The number of halogens is 3. The average molecular weight is 292 g/mol. The van der Waals surface area contributed by atoms with Crippen molar-refractivity contribution in [3.63, 3.8) is 0 Å². The van der Waals surface area contributed by atoms with Gasteiger partial charge in [0.1, 0.15) is 0 Å². The number of hydrogen-bond donors (Lipinski definition) is 2. The fraction of sp³-hybridized carbons (Fsp3) is 0.600. The summed E-state index contributed by atoms with van der Waals surface area (Å²) in [6.07, 6.45) is -2.25. The number of alkyl halides is 3. The molecule has 0 saturated heterocycles. The van der Waals surface area contributed by atoms with E-state index in [0.717, 1.165) is 0 Å². The van der Waals surface area contributed by atoms with E-state index in [1.807, 2.05) is 5.32 Å². The van der Waals surface area contributed by atoms with Crippen LogP contribution in [0.1, 0.15) is 18.9 Å². The number of aliphatic carboxylic acids is 1. The van der Waals surface area contributed by atoms with Crippen LogP contribution in [-0.4, -0.2) is 44.2 Å². The van der Waals surface area contributed by atoms with Crippen molar-refractivity contribution in [2.45, 2.75) is 31.1 Å². The van der Waals surface area contributed by atoms with Gasteiger partial charge in [-0.3, -0.25) is 9.59 Å². The summed E-state index contributed by atoms with van der Waals surface area (Å²) in [5.41, 5.74) is 0. The van der Waals surface area contributed by atoms with Crippen molar-refractivity contribution in [2.24, 2.45) is 5.92 Å². The molecule has 0 aromatic carbocycles. The van der Waals surface area contributed by atoms with Gasteiger partial charge in [-0.05, 0) is 12.8 Å². The predicted octanol–water partition coefficient (Wildman–Crippen LogP) is 0.361. The van der Waals surface area contributed by atoms with Gasteiger partial charge >= 0.3 is 18.1 Å². The summed E-state index contributed by atoms with van der Waals surface area (Å²) < 4.78 is 38.1. The van der Waals surface area contributed by atoms with Gasteiger partial charge in [-0.1, -0.05) is 5.21 Å². The van der Waals surface area contributed by atoms with E-state index in [-0.39, 0.29) is 12.8 Å². The highest BCUT2D eigenvalue weighted by Gasteiger charge is 2.45. The first-order chi connectivity index (χ1) is 9.29. The molecule has 10 heteroatoms. The molecule has 1 unspecified atom stereocenters. The lowest BCUT2D eigenvalue weighted by Crippen LogP contribution is -2.45. The summed E-state index contributed by atoms with van der Waals surface area (Å²) in [4.78, 5) is 21.9. The van der Waals surface area contributed by atoms with E-state index in [4.69, 9.17) is 5.11 Å². The maximum atomic E-state index is 12.3. The highest BCUT2D eigenvalue weighted by Crippen LogP contribution is 2.35. The lowest BCUT2D eigenvalue weighted by atomic mass is 10.1. The third kappa shape index (κ3) is 2.89. The summed E-state index contributed by atoms with van der Waals surface area (Å²) in [6, 6.07) is -1.61. The molecule has 1 heterocycles. The van der Waals surface area contributed by atoms with Gasteiger partial charge in [-0.2, -0.15) is 13.2 Å². The zero-order valence-corrected chi connectivity index (χ0v) is 10.0. The van der Waals surface area contributed by atoms with Gasteiger partial charge in [0.15, 0.2) is 0 Å². The molecule has 20 heavy (non-hydrogen) atoms. The zero-order valence-electron chi connectivity index (χ0n) is 10.0. The Bertz CT molecular complexity index is 502. The molecule has 1 fully saturated rings. The normalized spacial score (nSPS) is 26.4. The highest BCUT2D eigenvalue weighted by atomic mass is 19.4. The van der Waals surface area contributed by atoms with Crippen LogP contribution < -0.4 is 5.32 Å². The van der Waals surface area contributed by atoms with Crippen molar-refractivity contribution < 1.29 is 27.9 Å². The summed E-state index contributed by atoms with van der Waals surface area (Å²) in [6.45, 7) is 0. The van der Waals surface area contributed by atoms with E-state index in [0.29, 0.717) is 0 Å². The molecular formula is C10H11F3N4O3. The van der Waals surface area contributed by atoms with E-state index in [1.165, 1.54) is 17.1 Å². The van der Waals surface area contributed by atoms with Crippen molar-refractivity contribution in [1.82, 2.24) is 20.3 Å². The van der Waals surface area contributed by atoms with Crippen molar-refractivity contribution in [3.05, 3.63) is 12.4 Å². The second-order valence-electron chi connectivity index (χ2n) is 4.53. The van der Waals surface area contributed by atoms with Crippen LogP contribution in [-0.2, 0) is 9.59 Å². The van der Waals surface area contributed by atoms with Crippen molar-refractivity contribution in [1.29, 1.82) is 0 Å². The number of amides is 1. The molecule has 3 atom stereocenters. The maximum absolute atomic E-state index is 12.3. The molecule has 1 aromatic rings. The number of rotatable bonds is 3.